The molecule has 1 aromatic heterocycles. The molecule has 0 saturated carbocycles. The summed E-state index contributed by atoms with van der Waals surface area (Å²) in [6.07, 6.45) is 0.556. The van der Waals surface area contributed by atoms with Gasteiger partial charge in [-0.3, -0.25) is 0 Å². The van der Waals surface area contributed by atoms with E-state index >= 15 is 0 Å². The Bertz CT molecular complexity index is 541. The molecule has 2 aromatic rings. The average molecular weight is 261 g/mol. The van der Waals surface area contributed by atoms with E-state index in [1.807, 2.05) is 32.9 Å². The van der Waals surface area contributed by atoms with Crippen molar-refractivity contribution in [3.05, 3.63) is 41.5 Å². The molecule has 0 amide bonds. The van der Waals surface area contributed by atoms with Gasteiger partial charge in [-0.2, -0.15) is 4.98 Å². The molecule has 0 fully saturated rings. The molecule has 5 heteroatoms. The van der Waals surface area contributed by atoms with Crippen molar-refractivity contribution >= 4 is 0 Å². The summed E-state index contributed by atoms with van der Waals surface area (Å²) in [6, 6.07) is 6.65. The predicted molar refractivity (Wildman–Crippen MR) is 71.6 cm³/mol. The molecule has 0 aliphatic carbocycles. The van der Waals surface area contributed by atoms with Crippen molar-refractivity contribution in [3.63, 3.8) is 0 Å². The highest BCUT2D eigenvalue weighted by molar-refractivity contribution is 5.27. The number of phenolic OH excluding ortho intramolecular Hbond substituents is 1. The summed E-state index contributed by atoms with van der Waals surface area (Å²) in [5.74, 6) is 1.30. The van der Waals surface area contributed by atoms with Crippen molar-refractivity contribution in [2.24, 2.45) is 11.1 Å². The fraction of sp³-hybridized carbons (Fsp3) is 0.429. The van der Waals surface area contributed by atoms with E-state index in [1.165, 1.54) is 0 Å². The number of benzene rings is 1. The van der Waals surface area contributed by atoms with Crippen molar-refractivity contribution in [1.29, 1.82) is 0 Å². The van der Waals surface area contributed by atoms with E-state index in [-0.39, 0.29) is 17.2 Å². The minimum Gasteiger partial charge on any atom is -0.508 e. The van der Waals surface area contributed by atoms with Crippen molar-refractivity contribution in [3.8, 4) is 5.75 Å². The van der Waals surface area contributed by atoms with E-state index in [4.69, 9.17) is 10.3 Å². The summed E-state index contributed by atoms with van der Waals surface area (Å²) >= 11 is 0. The largest absolute Gasteiger partial charge is 0.508 e. The molecule has 0 spiro atoms. The fourth-order valence-corrected chi connectivity index (χ4v) is 1.63. The van der Waals surface area contributed by atoms with Crippen LogP contribution in [-0.4, -0.2) is 15.2 Å². The van der Waals surface area contributed by atoms with Gasteiger partial charge in [-0.1, -0.05) is 38.1 Å². The van der Waals surface area contributed by atoms with Gasteiger partial charge in [0.2, 0.25) is 5.89 Å². The Labute approximate surface area is 112 Å². The second-order valence-corrected chi connectivity index (χ2v) is 5.74. The summed E-state index contributed by atoms with van der Waals surface area (Å²) in [5.41, 5.74) is 6.96. The Morgan fingerprint density at radius 1 is 1.26 bits per heavy atom. The third-order valence-corrected chi connectivity index (χ3v) is 2.98. The predicted octanol–water partition coefficient (Wildman–Crippen LogP) is 2.41. The van der Waals surface area contributed by atoms with Crippen molar-refractivity contribution in [1.82, 2.24) is 10.1 Å². The van der Waals surface area contributed by atoms with Gasteiger partial charge < -0.3 is 15.4 Å². The maximum Gasteiger partial charge on any atom is 0.244 e. The fourth-order valence-electron chi connectivity index (χ4n) is 1.63. The van der Waals surface area contributed by atoms with Crippen LogP contribution in [0.1, 0.15) is 44.1 Å². The van der Waals surface area contributed by atoms with Gasteiger partial charge in [0, 0.05) is 6.42 Å². The number of hydrogen-bond acceptors (Lipinski definition) is 5. The summed E-state index contributed by atoms with van der Waals surface area (Å²) in [5, 5.41) is 13.2. The first kappa shape index (κ1) is 13.5. The second kappa shape index (κ2) is 5.01. The number of rotatable bonds is 3. The monoisotopic (exact) mass is 261 g/mol. The Morgan fingerprint density at radius 3 is 2.47 bits per heavy atom. The lowest BCUT2D eigenvalue weighted by molar-refractivity contribution is 0.252. The molecule has 0 aliphatic heterocycles. The van der Waals surface area contributed by atoms with E-state index < -0.39 is 0 Å². The molecular weight excluding hydrogens is 242 g/mol. The van der Waals surface area contributed by atoms with Crippen LogP contribution in [0.5, 0.6) is 5.75 Å². The number of aromatic nitrogens is 2. The van der Waals surface area contributed by atoms with Crippen LogP contribution in [0.25, 0.3) is 0 Å². The maximum absolute atomic E-state index is 9.22. The average Bonchev–Trinajstić information content (AvgIpc) is 2.78. The lowest BCUT2D eigenvalue weighted by Gasteiger charge is -2.23. The Kier molecular flexibility index (Phi) is 3.57. The van der Waals surface area contributed by atoms with Crippen LogP contribution in [-0.2, 0) is 6.42 Å². The molecule has 19 heavy (non-hydrogen) atoms. The molecule has 0 bridgehead atoms. The third-order valence-electron chi connectivity index (χ3n) is 2.98. The van der Waals surface area contributed by atoms with Crippen LogP contribution in [0.3, 0.4) is 0 Å². The summed E-state index contributed by atoms with van der Waals surface area (Å²) in [4.78, 5) is 4.33. The van der Waals surface area contributed by atoms with Crippen LogP contribution in [0, 0.1) is 5.41 Å². The zero-order valence-electron chi connectivity index (χ0n) is 11.4. The second-order valence-electron chi connectivity index (χ2n) is 5.74. The van der Waals surface area contributed by atoms with Crippen molar-refractivity contribution < 1.29 is 9.63 Å². The van der Waals surface area contributed by atoms with E-state index in [9.17, 15) is 5.11 Å². The van der Waals surface area contributed by atoms with Gasteiger partial charge in [0.25, 0.3) is 0 Å². The number of nitrogens with two attached hydrogens (primary N) is 1. The van der Waals surface area contributed by atoms with Gasteiger partial charge >= 0.3 is 0 Å². The molecule has 1 heterocycles. The summed E-state index contributed by atoms with van der Waals surface area (Å²) in [7, 11) is 0. The highest BCUT2D eigenvalue weighted by Crippen LogP contribution is 2.29. The van der Waals surface area contributed by atoms with Crippen LogP contribution >= 0.6 is 0 Å². The molecule has 5 nitrogen and oxygen atoms in total. The van der Waals surface area contributed by atoms with Crippen LogP contribution < -0.4 is 5.73 Å². The minimum absolute atomic E-state index is 0.123. The lowest BCUT2D eigenvalue weighted by atomic mass is 9.87. The standard InChI is InChI=1S/C14H19N3O2/c1-14(2,3)12(15)13-16-11(17-19-13)8-9-4-6-10(18)7-5-9/h4-7,12,18H,8,15H2,1-3H3/t12-/m0/s1. The van der Waals surface area contributed by atoms with Crippen molar-refractivity contribution in [2.45, 2.75) is 33.2 Å². The zero-order chi connectivity index (χ0) is 14.0. The first-order chi connectivity index (χ1) is 8.86. The Hall–Kier alpha value is -1.88. The number of aromatic hydroxyl groups is 1. The molecule has 0 aliphatic rings. The van der Waals surface area contributed by atoms with Crippen LogP contribution in [0.4, 0.5) is 0 Å². The van der Waals surface area contributed by atoms with Gasteiger partial charge in [0.1, 0.15) is 5.75 Å². The Morgan fingerprint density at radius 2 is 1.89 bits per heavy atom. The van der Waals surface area contributed by atoms with Gasteiger partial charge in [-0.15, -0.1) is 0 Å². The Balaban J connectivity index is 2.11. The topological polar surface area (TPSA) is 85.2 Å². The summed E-state index contributed by atoms with van der Waals surface area (Å²) < 4.78 is 5.21. The first-order valence-electron chi connectivity index (χ1n) is 6.22. The molecule has 1 atom stereocenters. The van der Waals surface area contributed by atoms with Crippen molar-refractivity contribution in [2.75, 3.05) is 0 Å². The highest BCUT2D eigenvalue weighted by Gasteiger charge is 2.27. The minimum atomic E-state index is -0.284. The molecule has 0 saturated heterocycles. The van der Waals surface area contributed by atoms with Gasteiger partial charge in [-0.25, -0.2) is 0 Å². The molecule has 2 rings (SSSR count). The normalized spacial score (nSPS) is 13.5. The lowest BCUT2D eigenvalue weighted by Crippen LogP contribution is -2.26. The SMILES string of the molecule is CC(C)(C)[C@@H](N)c1nc(Cc2ccc(O)cc2)no1. The van der Waals surface area contributed by atoms with Gasteiger partial charge in [0.05, 0.1) is 6.04 Å². The van der Waals surface area contributed by atoms with E-state index in [0.29, 0.717) is 18.1 Å². The first-order valence-corrected chi connectivity index (χ1v) is 6.22. The van der Waals surface area contributed by atoms with Gasteiger partial charge in [-0.05, 0) is 23.1 Å². The summed E-state index contributed by atoms with van der Waals surface area (Å²) in [6.45, 7) is 6.09. The number of nitrogens with zero attached hydrogens (tertiary/aromatic N) is 2. The van der Waals surface area contributed by atoms with E-state index in [0.717, 1.165) is 5.56 Å². The quantitative estimate of drug-likeness (QED) is 0.886. The molecule has 102 valence electrons. The molecule has 0 radical (unpaired) electrons. The maximum atomic E-state index is 9.22. The molecular formula is C14H19N3O2. The van der Waals surface area contributed by atoms with Crippen LogP contribution in [0.15, 0.2) is 28.8 Å². The smallest absolute Gasteiger partial charge is 0.244 e. The zero-order valence-corrected chi connectivity index (χ0v) is 11.4. The van der Waals surface area contributed by atoms with E-state index in [2.05, 4.69) is 10.1 Å². The molecule has 1 aromatic carbocycles. The number of hydrogen-bond donors (Lipinski definition) is 2. The molecule has 0 unspecified atom stereocenters. The third kappa shape index (κ3) is 3.32. The van der Waals surface area contributed by atoms with Gasteiger partial charge in [0.15, 0.2) is 5.82 Å². The number of phenols is 1. The van der Waals surface area contributed by atoms with Crippen LogP contribution in [0.2, 0.25) is 0 Å². The van der Waals surface area contributed by atoms with E-state index in [1.54, 1.807) is 12.1 Å². The highest BCUT2D eigenvalue weighted by atomic mass is 16.5. The molecule has 3 N–H and O–H groups in total.